The van der Waals surface area contributed by atoms with Crippen molar-refractivity contribution in [1.29, 1.82) is 0 Å². The van der Waals surface area contributed by atoms with Gasteiger partial charge in [0.15, 0.2) is 5.01 Å². The van der Waals surface area contributed by atoms with Gasteiger partial charge in [0.25, 0.3) is 0 Å². The van der Waals surface area contributed by atoms with E-state index in [0.717, 1.165) is 24.1 Å². The summed E-state index contributed by atoms with van der Waals surface area (Å²) in [4.78, 5) is 3.99. The number of alkyl halides is 1. The standard InChI is InChI=1S/C17H15FN4OS/c18-14-3-1-2-11(14)8-16-20-21-17(24-16)13-5-4-12(9-15(13)23)22-7-6-19-10-22/h4-10,14,23H,1-3H2/b11-8-/t14-/m1/s1. The van der Waals surface area contributed by atoms with Gasteiger partial charge >= 0.3 is 0 Å². The van der Waals surface area contributed by atoms with Gasteiger partial charge in [-0.05, 0) is 43.0 Å². The van der Waals surface area contributed by atoms with Crippen LogP contribution in [-0.4, -0.2) is 31.0 Å². The van der Waals surface area contributed by atoms with Crippen LogP contribution in [0, 0.1) is 0 Å². The van der Waals surface area contributed by atoms with E-state index in [1.165, 1.54) is 11.3 Å². The Bertz CT molecular complexity index is 888. The van der Waals surface area contributed by atoms with Gasteiger partial charge in [0, 0.05) is 18.5 Å². The lowest BCUT2D eigenvalue weighted by Gasteiger charge is -2.05. The van der Waals surface area contributed by atoms with Gasteiger partial charge in [0.2, 0.25) is 0 Å². The predicted molar refractivity (Wildman–Crippen MR) is 90.9 cm³/mol. The molecule has 0 spiro atoms. The minimum atomic E-state index is -0.861. The van der Waals surface area contributed by atoms with E-state index in [2.05, 4.69) is 15.2 Å². The number of allylic oxidation sites excluding steroid dienone is 1. The zero-order chi connectivity index (χ0) is 16.5. The maximum atomic E-state index is 13.7. The quantitative estimate of drug-likeness (QED) is 0.781. The van der Waals surface area contributed by atoms with Crippen molar-refractivity contribution in [3.63, 3.8) is 0 Å². The van der Waals surface area contributed by atoms with Crippen LogP contribution in [0.15, 0.2) is 42.5 Å². The Kier molecular flexibility index (Phi) is 3.86. The first-order chi connectivity index (χ1) is 11.7. The van der Waals surface area contributed by atoms with Gasteiger partial charge in [0.05, 0.1) is 17.6 Å². The third-order valence-electron chi connectivity index (χ3n) is 4.09. The third kappa shape index (κ3) is 2.82. The molecule has 1 aromatic carbocycles. The number of benzene rings is 1. The molecule has 1 atom stereocenters. The topological polar surface area (TPSA) is 63.8 Å². The molecule has 0 aliphatic heterocycles. The van der Waals surface area contributed by atoms with Gasteiger partial charge < -0.3 is 9.67 Å². The Labute approximate surface area is 142 Å². The molecule has 1 aliphatic rings. The second-order valence-electron chi connectivity index (χ2n) is 5.70. The average molecular weight is 342 g/mol. The van der Waals surface area contributed by atoms with E-state index in [9.17, 15) is 9.50 Å². The molecule has 3 aromatic rings. The van der Waals surface area contributed by atoms with Crippen molar-refractivity contribution >= 4 is 17.4 Å². The van der Waals surface area contributed by atoms with Crippen LogP contribution in [-0.2, 0) is 0 Å². The Morgan fingerprint density at radius 2 is 2.25 bits per heavy atom. The lowest BCUT2D eigenvalue weighted by Crippen LogP contribution is -1.93. The van der Waals surface area contributed by atoms with Gasteiger partial charge in [0.1, 0.15) is 16.9 Å². The van der Waals surface area contributed by atoms with Crippen LogP contribution < -0.4 is 0 Å². The fraction of sp³-hybridized carbons (Fsp3) is 0.235. The van der Waals surface area contributed by atoms with Crippen molar-refractivity contribution in [2.75, 3.05) is 0 Å². The van der Waals surface area contributed by atoms with E-state index >= 15 is 0 Å². The molecule has 2 heterocycles. The minimum absolute atomic E-state index is 0.126. The number of halogens is 1. The van der Waals surface area contributed by atoms with Crippen LogP contribution in [0.1, 0.15) is 24.3 Å². The number of nitrogens with zero attached hydrogens (tertiary/aromatic N) is 4. The van der Waals surface area contributed by atoms with Crippen LogP contribution in [0.2, 0.25) is 0 Å². The van der Waals surface area contributed by atoms with Crippen LogP contribution in [0.25, 0.3) is 22.3 Å². The number of phenolic OH excluding ortho intramolecular Hbond substituents is 1. The smallest absolute Gasteiger partial charge is 0.151 e. The summed E-state index contributed by atoms with van der Waals surface area (Å²) in [6, 6.07) is 5.34. The summed E-state index contributed by atoms with van der Waals surface area (Å²) in [5.41, 5.74) is 2.22. The van der Waals surface area contributed by atoms with E-state index in [1.54, 1.807) is 41.5 Å². The molecular weight excluding hydrogens is 327 g/mol. The summed E-state index contributed by atoms with van der Waals surface area (Å²) in [5.74, 6) is 0.126. The maximum Gasteiger partial charge on any atom is 0.151 e. The largest absolute Gasteiger partial charge is 0.507 e. The molecule has 1 aliphatic carbocycles. The molecule has 1 saturated carbocycles. The number of aromatic hydroxyl groups is 1. The molecule has 1 fully saturated rings. The zero-order valence-electron chi connectivity index (χ0n) is 12.8. The molecule has 0 unspecified atom stereocenters. The van der Waals surface area contributed by atoms with Crippen LogP contribution in [0.4, 0.5) is 4.39 Å². The van der Waals surface area contributed by atoms with Gasteiger partial charge in [-0.15, -0.1) is 10.2 Å². The summed E-state index contributed by atoms with van der Waals surface area (Å²) >= 11 is 1.35. The lowest BCUT2D eigenvalue weighted by molar-refractivity contribution is 0.391. The summed E-state index contributed by atoms with van der Waals surface area (Å²) < 4.78 is 15.5. The summed E-state index contributed by atoms with van der Waals surface area (Å²) in [6.45, 7) is 0. The van der Waals surface area contributed by atoms with E-state index in [0.29, 0.717) is 22.0 Å². The number of aromatic nitrogens is 4. The van der Waals surface area contributed by atoms with Crippen LogP contribution >= 0.6 is 11.3 Å². The number of hydrogen-bond donors (Lipinski definition) is 1. The molecule has 24 heavy (non-hydrogen) atoms. The van der Waals surface area contributed by atoms with Gasteiger partial charge in [-0.25, -0.2) is 9.37 Å². The van der Waals surface area contributed by atoms with Crippen molar-refractivity contribution in [3.8, 4) is 22.0 Å². The summed E-state index contributed by atoms with van der Waals surface area (Å²) in [7, 11) is 0. The molecule has 2 aromatic heterocycles. The second kappa shape index (κ2) is 6.16. The van der Waals surface area contributed by atoms with E-state index in [-0.39, 0.29) is 5.75 Å². The SMILES string of the molecule is Oc1cc(-n2ccnc2)ccc1-c1nnc(/C=C2/CCC[C@H]2F)s1. The van der Waals surface area contributed by atoms with Crippen LogP contribution in [0.3, 0.4) is 0 Å². The first-order valence-electron chi connectivity index (χ1n) is 7.70. The van der Waals surface area contributed by atoms with Crippen molar-refractivity contribution in [1.82, 2.24) is 19.7 Å². The molecular formula is C17H15FN4OS. The molecule has 1 N–H and O–H groups in total. The fourth-order valence-corrected chi connectivity index (χ4v) is 3.68. The van der Waals surface area contributed by atoms with Crippen molar-refractivity contribution < 1.29 is 9.50 Å². The van der Waals surface area contributed by atoms with E-state index < -0.39 is 6.17 Å². The first-order valence-corrected chi connectivity index (χ1v) is 8.52. The Morgan fingerprint density at radius 1 is 1.33 bits per heavy atom. The van der Waals surface area contributed by atoms with Gasteiger partial charge in [-0.1, -0.05) is 11.3 Å². The molecule has 7 heteroatoms. The predicted octanol–water partition coefficient (Wildman–Crippen LogP) is 4.00. The summed E-state index contributed by atoms with van der Waals surface area (Å²) in [5, 5.41) is 19.8. The van der Waals surface area contributed by atoms with Gasteiger partial charge in [-0.3, -0.25) is 0 Å². The molecule has 0 saturated heterocycles. The Balaban J connectivity index is 1.63. The van der Waals surface area contributed by atoms with E-state index in [4.69, 9.17) is 0 Å². The summed E-state index contributed by atoms with van der Waals surface area (Å²) in [6.07, 6.45) is 8.33. The highest BCUT2D eigenvalue weighted by atomic mass is 32.1. The highest BCUT2D eigenvalue weighted by molar-refractivity contribution is 7.15. The molecule has 5 nitrogen and oxygen atoms in total. The highest BCUT2D eigenvalue weighted by Crippen LogP contribution is 2.35. The van der Waals surface area contributed by atoms with Crippen molar-refractivity contribution in [3.05, 3.63) is 47.5 Å². The third-order valence-corrected chi connectivity index (χ3v) is 4.99. The minimum Gasteiger partial charge on any atom is -0.507 e. The molecule has 0 amide bonds. The molecule has 0 bridgehead atoms. The molecule has 0 radical (unpaired) electrons. The molecule has 4 rings (SSSR count). The fourth-order valence-electron chi connectivity index (χ4n) is 2.82. The van der Waals surface area contributed by atoms with Crippen molar-refractivity contribution in [2.24, 2.45) is 0 Å². The monoisotopic (exact) mass is 342 g/mol. The first kappa shape index (κ1) is 15.0. The maximum absolute atomic E-state index is 13.7. The second-order valence-corrected chi connectivity index (χ2v) is 6.70. The number of phenols is 1. The number of hydrogen-bond acceptors (Lipinski definition) is 5. The van der Waals surface area contributed by atoms with E-state index in [1.807, 2.05) is 6.07 Å². The molecule has 122 valence electrons. The lowest BCUT2D eigenvalue weighted by atomic mass is 10.2. The van der Waals surface area contributed by atoms with Gasteiger partial charge in [-0.2, -0.15) is 0 Å². The Hall–Kier alpha value is -2.54. The zero-order valence-corrected chi connectivity index (χ0v) is 13.6. The Morgan fingerprint density at radius 3 is 2.96 bits per heavy atom. The van der Waals surface area contributed by atoms with Crippen molar-refractivity contribution in [2.45, 2.75) is 25.4 Å². The number of rotatable bonds is 3. The van der Waals surface area contributed by atoms with Crippen LogP contribution in [0.5, 0.6) is 5.75 Å². The highest BCUT2D eigenvalue weighted by Gasteiger charge is 2.20. The normalized spacial score (nSPS) is 19.2. The number of imidazole rings is 1. The average Bonchev–Trinajstić information content (AvgIpc) is 3.31.